The fraction of sp³-hybridized carbons (Fsp3) is 0.0714. The van der Waals surface area contributed by atoms with Gasteiger partial charge in [0.2, 0.25) is 0 Å². The van der Waals surface area contributed by atoms with Crippen LogP contribution in [0.3, 0.4) is 0 Å². The van der Waals surface area contributed by atoms with Crippen molar-refractivity contribution in [2.24, 2.45) is 0 Å². The average molecular weight is 240 g/mol. The van der Waals surface area contributed by atoms with E-state index >= 15 is 0 Å². The minimum absolute atomic E-state index is 0.460. The summed E-state index contributed by atoms with van der Waals surface area (Å²) in [6.45, 7) is 0. The lowest BCUT2D eigenvalue weighted by atomic mass is 10.2. The number of ether oxygens (including phenoxy) is 2. The predicted molar refractivity (Wildman–Crippen MR) is 68.6 cm³/mol. The normalized spacial score (nSPS) is 9.56. The standard InChI is InChI=1S/C14H12N2O2/c1-17-13-7-6-11(16)8-14(13)18-12-5-3-2-4-10(12)9-15/h2-8H,16H2,1H3. The van der Waals surface area contributed by atoms with E-state index in [4.69, 9.17) is 20.5 Å². The molecule has 0 unspecified atom stereocenters. The first kappa shape index (κ1) is 11.8. The molecule has 0 aromatic heterocycles. The summed E-state index contributed by atoms with van der Waals surface area (Å²) in [5.74, 6) is 1.53. The van der Waals surface area contributed by atoms with Crippen molar-refractivity contribution >= 4 is 5.69 Å². The number of para-hydroxylation sites is 1. The molecule has 0 heterocycles. The van der Waals surface area contributed by atoms with Gasteiger partial charge in [0.05, 0.1) is 12.7 Å². The fourth-order valence-corrected chi connectivity index (χ4v) is 1.54. The van der Waals surface area contributed by atoms with Crippen LogP contribution in [0.25, 0.3) is 0 Å². The summed E-state index contributed by atoms with van der Waals surface area (Å²) < 4.78 is 10.9. The van der Waals surface area contributed by atoms with E-state index in [0.29, 0.717) is 28.5 Å². The van der Waals surface area contributed by atoms with E-state index in [1.165, 1.54) is 0 Å². The van der Waals surface area contributed by atoms with Crippen LogP contribution >= 0.6 is 0 Å². The Morgan fingerprint density at radius 3 is 2.56 bits per heavy atom. The van der Waals surface area contributed by atoms with Crippen molar-refractivity contribution in [2.45, 2.75) is 0 Å². The van der Waals surface area contributed by atoms with Gasteiger partial charge in [0.25, 0.3) is 0 Å². The Labute approximate surface area is 105 Å². The molecule has 0 fully saturated rings. The molecule has 90 valence electrons. The molecule has 2 N–H and O–H groups in total. The summed E-state index contributed by atoms with van der Waals surface area (Å²) in [6, 6.07) is 14.2. The molecule has 0 bridgehead atoms. The number of hydrogen-bond acceptors (Lipinski definition) is 4. The van der Waals surface area contributed by atoms with E-state index < -0.39 is 0 Å². The highest BCUT2D eigenvalue weighted by Crippen LogP contribution is 2.34. The predicted octanol–water partition coefficient (Wildman–Crippen LogP) is 2.94. The van der Waals surface area contributed by atoms with Gasteiger partial charge >= 0.3 is 0 Å². The quantitative estimate of drug-likeness (QED) is 0.837. The maximum Gasteiger partial charge on any atom is 0.171 e. The SMILES string of the molecule is COc1ccc(N)cc1Oc1ccccc1C#N. The van der Waals surface area contributed by atoms with Crippen LogP contribution in [0.5, 0.6) is 17.2 Å². The van der Waals surface area contributed by atoms with E-state index in [1.54, 1.807) is 49.6 Å². The highest BCUT2D eigenvalue weighted by Gasteiger charge is 2.08. The van der Waals surface area contributed by atoms with Crippen LogP contribution in [-0.2, 0) is 0 Å². The monoisotopic (exact) mass is 240 g/mol. The molecule has 0 aliphatic heterocycles. The van der Waals surface area contributed by atoms with Gasteiger partial charge in [-0.05, 0) is 24.3 Å². The van der Waals surface area contributed by atoms with Gasteiger partial charge < -0.3 is 15.2 Å². The molecular weight excluding hydrogens is 228 g/mol. The highest BCUT2D eigenvalue weighted by molar-refractivity contribution is 5.54. The summed E-state index contributed by atoms with van der Waals surface area (Å²) >= 11 is 0. The summed E-state index contributed by atoms with van der Waals surface area (Å²) in [7, 11) is 1.55. The highest BCUT2D eigenvalue weighted by atomic mass is 16.5. The second-order valence-electron chi connectivity index (χ2n) is 3.62. The second-order valence-corrected chi connectivity index (χ2v) is 3.62. The first-order chi connectivity index (χ1) is 8.74. The summed E-state index contributed by atoms with van der Waals surface area (Å²) in [5.41, 5.74) is 6.74. The second kappa shape index (κ2) is 5.11. The number of nitriles is 1. The van der Waals surface area contributed by atoms with Crippen LogP contribution in [-0.4, -0.2) is 7.11 Å². The zero-order chi connectivity index (χ0) is 13.0. The van der Waals surface area contributed by atoms with E-state index in [-0.39, 0.29) is 0 Å². The third kappa shape index (κ3) is 2.36. The smallest absolute Gasteiger partial charge is 0.171 e. The van der Waals surface area contributed by atoms with E-state index in [9.17, 15) is 0 Å². The van der Waals surface area contributed by atoms with Gasteiger partial charge in [-0.25, -0.2) is 0 Å². The Hall–Kier alpha value is -2.67. The van der Waals surface area contributed by atoms with Crippen molar-refractivity contribution in [3.63, 3.8) is 0 Å². The summed E-state index contributed by atoms with van der Waals surface area (Å²) in [5, 5.41) is 8.99. The largest absolute Gasteiger partial charge is 0.493 e. The molecule has 2 aromatic rings. The van der Waals surface area contributed by atoms with Crippen molar-refractivity contribution in [1.82, 2.24) is 0 Å². The molecule has 2 rings (SSSR count). The van der Waals surface area contributed by atoms with Gasteiger partial charge in [0.15, 0.2) is 11.5 Å². The van der Waals surface area contributed by atoms with Crippen molar-refractivity contribution in [3.8, 4) is 23.3 Å². The average Bonchev–Trinajstić information content (AvgIpc) is 2.40. The van der Waals surface area contributed by atoms with Gasteiger partial charge in [-0.1, -0.05) is 12.1 Å². The molecule has 0 atom stereocenters. The number of methoxy groups -OCH3 is 1. The van der Waals surface area contributed by atoms with E-state index in [2.05, 4.69) is 6.07 Å². The molecule has 4 heteroatoms. The molecule has 0 spiro atoms. The maximum absolute atomic E-state index is 8.99. The Morgan fingerprint density at radius 1 is 1.06 bits per heavy atom. The number of nitrogen functional groups attached to an aromatic ring is 1. The number of rotatable bonds is 3. The summed E-state index contributed by atoms with van der Waals surface area (Å²) in [4.78, 5) is 0. The lowest BCUT2D eigenvalue weighted by Gasteiger charge is -2.11. The van der Waals surface area contributed by atoms with Crippen LogP contribution in [0.4, 0.5) is 5.69 Å². The van der Waals surface area contributed by atoms with Crippen LogP contribution in [0, 0.1) is 11.3 Å². The minimum atomic E-state index is 0.460. The number of nitrogens with zero attached hydrogens (tertiary/aromatic N) is 1. The molecule has 0 amide bonds. The van der Waals surface area contributed by atoms with Gasteiger partial charge in [-0.15, -0.1) is 0 Å². The first-order valence-corrected chi connectivity index (χ1v) is 5.35. The lowest BCUT2D eigenvalue weighted by Crippen LogP contribution is -1.94. The molecular formula is C14H12N2O2. The van der Waals surface area contributed by atoms with Gasteiger partial charge in [0.1, 0.15) is 11.8 Å². The van der Waals surface area contributed by atoms with Crippen molar-refractivity contribution < 1.29 is 9.47 Å². The Morgan fingerprint density at radius 2 is 1.83 bits per heavy atom. The van der Waals surface area contributed by atoms with Crippen molar-refractivity contribution in [1.29, 1.82) is 5.26 Å². The van der Waals surface area contributed by atoms with Crippen LogP contribution in [0.1, 0.15) is 5.56 Å². The molecule has 0 saturated heterocycles. The number of hydrogen-bond donors (Lipinski definition) is 1. The van der Waals surface area contributed by atoms with Crippen LogP contribution in [0.2, 0.25) is 0 Å². The van der Waals surface area contributed by atoms with Gasteiger partial charge in [-0.3, -0.25) is 0 Å². The maximum atomic E-state index is 8.99. The van der Waals surface area contributed by atoms with E-state index in [1.807, 2.05) is 0 Å². The minimum Gasteiger partial charge on any atom is -0.493 e. The lowest BCUT2D eigenvalue weighted by molar-refractivity contribution is 0.379. The fourth-order valence-electron chi connectivity index (χ4n) is 1.54. The number of benzene rings is 2. The first-order valence-electron chi connectivity index (χ1n) is 5.35. The third-order valence-electron chi connectivity index (χ3n) is 2.42. The molecule has 0 radical (unpaired) electrons. The molecule has 0 saturated carbocycles. The van der Waals surface area contributed by atoms with Crippen molar-refractivity contribution in [3.05, 3.63) is 48.0 Å². The Bertz CT molecular complexity index is 603. The Kier molecular flexibility index (Phi) is 3.35. The number of anilines is 1. The van der Waals surface area contributed by atoms with E-state index in [0.717, 1.165) is 0 Å². The molecule has 2 aromatic carbocycles. The molecule has 0 aliphatic rings. The third-order valence-corrected chi connectivity index (χ3v) is 2.42. The zero-order valence-electron chi connectivity index (χ0n) is 9.88. The Balaban J connectivity index is 2.40. The van der Waals surface area contributed by atoms with Crippen LogP contribution < -0.4 is 15.2 Å². The summed E-state index contributed by atoms with van der Waals surface area (Å²) in [6.07, 6.45) is 0. The zero-order valence-corrected chi connectivity index (χ0v) is 9.88. The van der Waals surface area contributed by atoms with Crippen molar-refractivity contribution in [2.75, 3.05) is 12.8 Å². The molecule has 0 aliphatic carbocycles. The number of nitrogens with two attached hydrogens (primary N) is 1. The molecule has 18 heavy (non-hydrogen) atoms. The topological polar surface area (TPSA) is 68.3 Å². The van der Waals surface area contributed by atoms with Gasteiger partial charge in [-0.2, -0.15) is 5.26 Å². The molecule has 4 nitrogen and oxygen atoms in total. The van der Waals surface area contributed by atoms with Gasteiger partial charge in [0, 0.05) is 11.8 Å². The van der Waals surface area contributed by atoms with Crippen LogP contribution in [0.15, 0.2) is 42.5 Å².